The molecule has 0 spiro atoms. The molecule has 0 saturated carbocycles. The number of unbranched alkanes of at least 4 members (excludes halogenated alkanes) is 1. The summed E-state index contributed by atoms with van der Waals surface area (Å²) in [5, 5.41) is 5.71. The molecule has 0 radical (unpaired) electrons. The Morgan fingerprint density at radius 3 is 2.68 bits per heavy atom. The summed E-state index contributed by atoms with van der Waals surface area (Å²) < 4.78 is 11.0. The number of benzene rings is 2. The van der Waals surface area contributed by atoms with Gasteiger partial charge in [0.05, 0.1) is 13.7 Å². The topological polar surface area (TPSA) is 59.6 Å². The number of nitrogens with one attached hydrogen (secondary N) is 2. The van der Waals surface area contributed by atoms with Gasteiger partial charge in [0.1, 0.15) is 11.5 Å². The summed E-state index contributed by atoms with van der Waals surface area (Å²) in [7, 11) is 1.62. The van der Waals surface area contributed by atoms with Crippen LogP contribution in [0.3, 0.4) is 0 Å². The zero-order valence-electron chi connectivity index (χ0n) is 15.1. The number of methoxy groups -OCH3 is 1. The number of amides is 2. The molecule has 0 heterocycles. The van der Waals surface area contributed by atoms with Gasteiger partial charge in [0.25, 0.3) is 0 Å². The van der Waals surface area contributed by atoms with E-state index in [1.165, 1.54) is 0 Å². The van der Waals surface area contributed by atoms with E-state index < -0.39 is 0 Å². The minimum absolute atomic E-state index is 0.256. The molecule has 0 unspecified atom stereocenters. The summed E-state index contributed by atoms with van der Waals surface area (Å²) in [6.07, 6.45) is 2.13. The smallest absolute Gasteiger partial charge is 0.319 e. The van der Waals surface area contributed by atoms with E-state index in [2.05, 4.69) is 17.6 Å². The van der Waals surface area contributed by atoms with Crippen LogP contribution in [0.1, 0.15) is 30.9 Å². The number of carbonyl (C=O) groups is 1. The highest BCUT2D eigenvalue weighted by Gasteiger charge is 2.07. The van der Waals surface area contributed by atoms with Gasteiger partial charge in [-0.05, 0) is 43.2 Å². The van der Waals surface area contributed by atoms with Gasteiger partial charge in [-0.15, -0.1) is 0 Å². The summed E-state index contributed by atoms with van der Waals surface area (Å²) in [6.45, 7) is 5.18. The molecular weight excluding hydrogens is 316 g/mol. The van der Waals surface area contributed by atoms with Crippen molar-refractivity contribution < 1.29 is 14.3 Å². The lowest BCUT2D eigenvalue weighted by Gasteiger charge is -2.13. The number of hydrogen-bond donors (Lipinski definition) is 2. The Morgan fingerprint density at radius 1 is 1.16 bits per heavy atom. The van der Waals surface area contributed by atoms with Crippen LogP contribution < -0.4 is 20.1 Å². The quantitative estimate of drug-likeness (QED) is 0.694. The lowest BCUT2D eigenvalue weighted by molar-refractivity contribution is 0.251. The van der Waals surface area contributed by atoms with Gasteiger partial charge in [-0.25, -0.2) is 4.79 Å². The van der Waals surface area contributed by atoms with E-state index in [1.54, 1.807) is 7.11 Å². The van der Waals surface area contributed by atoms with Crippen molar-refractivity contribution in [1.82, 2.24) is 5.32 Å². The molecule has 25 heavy (non-hydrogen) atoms. The molecule has 0 fully saturated rings. The molecule has 2 amide bonds. The molecule has 2 aromatic rings. The molecule has 0 aliphatic carbocycles. The van der Waals surface area contributed by atoms with E-state index in [-0.39, 0.29) is 6.03 Å². The predicted octanol–water partition coefficient (Wildman–Crippen LogP) is 4.50. The monoisotopic (exact) mass is 342 g/mol. The Kier molecular flexibility index (Phi) is 7.14. The molecule has 0 aromatic heterocycles. The number of rotatable bonds is 8. The van der Waals surface area contributed by atoms with Gasteiger partial charge in [-0.3, -0.25) is 0 Å². The summed E-state index contributed by atoms with van der Waals surface area (Å²) >= 11 is 0. The van der Waals surface area contributed by atoms with E-state index in [1.807, 2.05) is 49.4 Å². The number of carbonyl (C=O) groups excluding carboxylic acids is 1. The number of para-hydroxylation sites is 1. The van der Waals surface area contributed by atoms with E-state index in [9.17, 15) is 4.79 Å². The van der Waals surface area contributed by atoms with Crippen molar-refractivity contribution in [3.05, 3.63) is 53.6 Å². The zero-order valence-corrected chi connectivity index (χ0v) is 15.1. The van der Waals surface area contributed by atoms with Crippen LogP contribution in [0.15, 0.2) is 42.5 Å². The largest absolute Gasteiger partial charge is 0.496 e. The molecular formula is C20H26N2O3. The van der Waals surface area contributed by atoms with Crippen molar-refractivity contribution >= 4 is 11.7 Å². The number of ether oxygens (including phenoxy) is 2. The Hall–Kier alpha value is -2.69. The van der Waals surface area contributed by atoms with Gasteiger partial charge in [0, 0.05) is 17.8 Å². The standard InChI is InChI=1S/C20H26N2O3/c1-4-5-12-25-17-10-11-18(15(2)13-17)22-20(23)21-14-16-8-6-7-9-19(16)24-3/h6-11,13H,4-5,12,14H2,1-3H3,(H2,21,22,23). The minimum atomic E-state index is -0.256. The number of urea groups is 1. The van der Waals surface area contributed by atoms with Gasteiger partial charge in [-0.2, -0.15) is 0 Å². The van der Waals surface area contributed by atoms with E-state index >= 15 is 0 Å². The van der Waals surface area contributed by atoms with Crippen molar-refractivity contribution in [3.8, 4) is 11.5 Å². The van der Waals surface area contributed by atoms with Crippen LogP contribution >= 0.6 is 0 Å². The maximum Gasteiger partial charge on any atom is 0.319 e. The van der Waals surface area contributed by atoms with Crippen molar-refractivity contribution in [2.24, 2.45) is 0 Å². The Morgan fingerprint density at radius 2 is 1.96 bits per heavy atom. The molecule has 5 heteroatoms. The molecule has 2 N–H and O–H groups in total. The maximum atomic E-state index is 12.1. The van der Waals surface area contributed by atoms with Crippen LogP contribution in [0.25, 0.3) is 0 Å². The van der Waals surface area contributed by atoms with Crippen LogP contribution in [-0.4, -0.2) is 19.7 Å². The fraction of sp³-hybridized carbons (Fsp3) is 0.350. The number of aryl methyl sites for hydroxylation is 1. The lowest BCUT2D eigenvalue weighted by atomic mass is 10.2. The molecule has 0 saturated heterocycles. The normalized spacial score (nSPS) is 10.2. The van der Waals surface area contributed by atoms with Crippen molar-refractivity contribution in [1.29, 1.82) is 0 Å². The zero-order chi connectivity index (χ0) is 18.1. The van der Waals surface area contributed by atoms with Gasteiger partial charge in [0.2, 0.25) is 0 Å². The minimum Gasteiger partial charge on any atom is -0.496 e. The molecule has 0 bridgehead atoms. The first-order valence-corrected chi connectivity index (χ1v) is 8.54. The molecule has 0 aliphatic rings. The highest BCUT2D eigenvalue weighted by atomic mass is 16.5. The van der Waals surface area contributed by atoms with Gasteiger partial charge in [-0.1, -0.05) is 31.5 Å². The van der Waals surface area contributed by atoms with Gasteiger partial charge >= 0.3 is 6.03 Å². The Bertz CT molecular complexity index is 701. The first-order valence-electron chi connectivity index (χ1n) is 8.54. The third-order valence-corrected chi connectivity index (χ3v) is 3.84. The maximum absolute atomic E-state index is 12.1. The summed E-state index contributed by atoms with van der Waals surface area (Å²) in [5.41, 5.74) is 2.65. The molecule has 2 aromatic carbocycles. The first kappa shape index (κ1) is 18.6. The highest BCUT2D eigenvalue weighted by Crippen LogP contribution is 2.22. The van der Waals surface area contributed by atoms with Crippen molar-refractivity contribution in [3.63, 3.8) is 0 Å². The molecule has 0 aliphatic heterocycles. The SMILES string of the molecule is CCCCOc1ccc(NC(=O)NCc2ccccc2OC)c(C)c1. The summed E-state index contributed by atoms with van der Waals surface area (Å²) in [6, 6.07) is 13.0. The highest BCUT2D eigenvalue weighted by molar-refractivity contribution is 5.90. The van der Waals surface area contributed by atoms with Gasteiger partial charge < -0.3 is 20.1 Å². The third kappa shape index (κ3) is 5.71. The third-order valence-electron chi connectivity index (χ3n) is 3.84. The second-order valence-electron chi connectivity index (χ2n) is 5.80. The number of anilines is 1. The second-order valence-corrected chi connectivity index (χ2v) is 5.80. The molecule has 5 nitrogen and oxygen atoms in total. The molecule has 0 atom stereocenters. The lowest BCUT2D eigenvalue weighted by Crippen LogP contribution is -2.28. The fourth-order valence-corrected chi connectivity index (χ4v) is 2.39. The first-order chi connectivity index (χ1) is 12.1. The van der Waals surface area contributed by atoms with Crippen LogP contribution in [0.4, 0.5) is 10.5 Å². The van der Waals surface area contributed by atoms with Gasteiger partial charge in [0.15, 0.2) is 0 Å². The average Bonchev–Trinajstić information content (AvgIpc) is 2.62. The predicted molar refractivity (Wildman–Crippen MR) is 100 cm³/mol. The number of hydrogen-bond acceptors (Lipinski definition) is 3. The van der Waals surface area contributed by atoms with E-state index in [0.29, 0.717) is 13.2 Å². The van der Waals surface area contributed by atoms with Crippen molar-refractivity contribution in [2.75, 3.05) is 19.0 Å². The Balaban J connectivity index is 1.89. The fourth-order valence-electron chi connectivity index (χ4n) is 2.39. The van der Waals surface area contributed by atoms with E-state index in [0.717, 1.165) is 41.2 Å². The second kappa shape index (κ2) is 9.57. The average molecular weight is 342 g/mol. The Labute approximate surface area is 149 Å². The molecule has 2 rings (SSSR count). The summed E-state index contributed by atoms with van der Waals surface area (Å²) in [5.74, 6) is 1.58. The van der Waals surface area contributed by atoms with Crippen LogP contribution in [-0.2, 0) is 6.54 Å². The van der Waals surface area contributed by atoms with Crippen LogP contribution in [0.5, 0.6) is 11.5 Å². The van der Waals surface area contributed by atoms with E-state index in [4.69, 9.17) is 9.47 Å². The van der Waals surface area contributed by atoms with Crippen LogP contribution in [0.2, 0.25) is 0 Å². The van der Waals surface area contributed by atoms with Crippen molar-refractivity contribution in [2.45, 2.75) is 33.2 Å². The van der Waals surface area contributed by atoms with Crippen LogP contribution in [0, 0.1) is 6.92 Å². The summed E-state index contributed by atoms with van der Waals surface area (Å²) in [4.78, 5) is 12.1. The molecule has 134 valence electrons.